The molecule has 0 saturated carbocycles. The molecule has 0 aromatic heterocycles. The van der Waals surface area contributed by atoms with Gasteiger partial charge in [-0.3, -0.25) is 9.59 Å². The van der Waals surface area contributed by atoms with Crippen molar-refractivity contribution in [2.24, 2.45) is 11.7 Å². The van der Waals surface area contributed by atoms with E-state index in [1.54, 1.807) is 12.1 Å². The molecule has 122 valence electrons. The molecule has 0 bridgehead atoms. The number of carbonyl (C=O) groups is 2. The molecule has 2 rings (SSSR count). The Morgan fingerprint density at radius 3 is 2.59 bits per heavy atom. The molecule has 1 aliphatic heterocycles. The number of hydrogen-bond donors (Lipinski definition) is 2. The molecule has 5 nitrogen and oxygen atoms in total. The number of rotatable bonds is 5. The third-order valence-electron chi connectivity index (χ3n) is 3.70. The number of benzene rings is 1. The first-order valence-corrected chi connectivity index (χ1v) is 7.91. The molecule has 1 heterocycles. The van der Waals surface area contributed by atoms with Crippen molar-refractivity contribution in [2.75, 3.05) is 26.2 Å². The average Bonchev–Trinajstić information content (AvgIpc) is 2.96. The van der Waals surface area contributed by atoms with Crippen LogP contribution in [-0.4, -0.2) is 42.9 Å². The fraction of sp³-hybridized carbons (Fsp3) is 0.467. The molecule has 0 spiro atoms. The Hall–Kier alpha value is -1.11. The Labute approximate surface area is 145 Å². The minimum absolute atomic E-state index is 0. The highest BCUT2D eigenvalue weighted by atomic mass is 79.9. The van der Waals surface area contributed by atoms with Crippen LogP contribution in [0.25, 0.3) is 0 Å². The summed E-state index contributed by atoms with van der Waals surface area (Å²) in [6.07, 6.45) is 1.31. The maximum atomic E-state index is 12.0. The molecule has 0 radical (unpaired) electrons. The molecule has 22 heavy (non-hydrogen) atoms. The Balaban J connectivity index is 0.00000242. The molecule has 1 aromatic rings. The highest BCUT2D eigenvalue weighted by Gasteiger charge is 2.24. The summed E-state index contributed by atoms with van der Waals surface area (Å²) in [5.74, 6) is 0.352. The number of nitrogens with one attached hydrogen (secondary N) is 1. The number of hydrogen-bond acceptors (Lipinski definition) is 3. The van der Waals surface area contributed by atoms with Crippen LogP contribution in [0.4, 0.5) is 0 Å². The first-order chi connectivity index (χ1) is 10.1. The lowest BCUT2D eigenvalue weighted by atomic mass is 10.1. The quantitative estimate of drug-likeness (QED) is 0.805. The van der Waals surface area contributed by atoms with Gasteiger partial charge in [-0.25, -0.2) is 0 Å². The van der Waals surface area contributed by atoms with E-state index >= 15 is 0 Å². The van der Waals surface area contributed by atoms with Crippen LogP contribution in [0.1, 0.15) is 23.2 Å². The maximum absolute atomic E-state index is 12.0. The Kier molecular flexibility index (Phi) is 7.85. The van der Waals surface area contributed by atoms with Crippen LogP contribution in [0.15, 0.2) is 28.7 Å². The highest BCUT2D eigenvalue weighted by Crippen LogP contribution is 2.15. The van der Waals surface area contributed by atoms with Crippen molar-refractivity contribution in [1.29, 1.82) is 0 Å². The summed E-state index contributed by atoms with van der Waals surface area (Å²) in [5, 5.41) is 2.77. The second kappa shape index (κ2) is 9.12. The van der Waals surface area contributed by atoms with Crippen molar-refractivity contribution in [3.63, 3.8) is 0 Å². The molecule has 3 N–H and O–H groups in total. The van der Waals surface area contributed by atoms with Crippen LogP contribution in [0.5, 0.6) is 0 Å². The normalized spacial score (nSPS) is 17.0. The van der Waals surface area contributed by atoms with E-state index in [9.17, 15) is 9.59 Å². The third-order valence-corrected chi connectivity index (χ3v) is 4.23. The lowest BCUT2D eigenvalue weighted by molar-refractivity contribution is -0.130. The summed E-state index contributed by atoms with van der Waals surface area (Å²) in [6, 6.07) is 7.12. The summed E-state index contributed by atoms with van der Waals surface area (Å²) in [5.41, 5.74) is 6.21. The van der Waals surface area contributed by atoms with E-state index < -0.39 is 0 Å². The van der Waals surface area contributed by atoms with Gasteiger partial charge in [-0.2, -0.15) is 0 Å². The van der Waals surface area contributed by atoms with Gasteiger partial charge in [-0.1, -0.05) is 15.9 Å². The first kappa shape index (κ1) is 18.9. The number of nitrogens with two attached hydrogens (primary N) is 1. The van der Waals surface area contributed by atoms with Gasteiger partial charge in [0.2, 0.25) is 5.91 Å². The first-order valence-electron chi connectivity index (χ1n) is 7.11. The maximum Gasteiger partial charge on any atom is 0.251 e. The van der Waals surface area contributed by atoms with E-state index in [4.69, 9.17) is 5.73 Å². The number of amides is 2. The van der Waals surface area contributed by atoms with Gasteiger partial charge in [-0.05, 0) is 43.1 Å². The van der Waals surface area contributed by atoms with Crippen LogP contribution in [-0.2, 0) is 4.79 Å². The molecule has 7 heteroatoms. The van der Waals surface area contributed by atoms with Gasteiger partial charge in [0.25, 0.3) is 5.91 Å². The summed E-state index contributed by atoms with van der Waals surface area (Å²) in [7, 11) is 0. The van der Waals surface area contributed by atoms with E-state index in [2.05, 4.69) is 21.2 Å². The lowest BCUT2D eigenvalue weighted by Crippen LogP contribution is -2.33. The van der Waals surface area contributed by atoms with Crippen LogP contribution >= 0.6 is 28.3 Å². The minimum atomic E-state index is -0.156. The Morgan fingerprint density at radius 1 is 1.32 bits per heavy atom. The third kappa shape index (κ3) is 5.26. The molecule has 1 unspecified atom stereocenters. The summed E-state index contributed by atoms with van der Waals surface area (Å²) in [4.78, 5) is 25.7. The van der Waals surface area contributed by atoms with Crippen molar-refractivity contribution in [3.05, 3.63) is 34.3 Å². The number of nitrogens with zero attached hydrogens (tertiary/aromatic N) is 1. The van der Waals surface area contributed by atoms with Crippen molar-refractivity contribution >= 4 is 40.2 Å². The molecule has 1 aromatic carbocycles. The van der Waals surface area contributed by atoms with Gasteiger partial charge in [0.15, 0.2) is 0 Å². The van der Waals surface area contributed by atoms with Crippen molar-refractivity contribution in [1.82, 2.24) is 10.2 Å². The van der Waals surface area contributed by atoms with Crippen molar-refractivity contribution < 1.29 is 9.59 Å². The van der Waals surface area contributed by atoms with Crippen LogP contribution in [0.2, 0.25) is 0 Å². The smallest absolute Gasteiger partial charge is 0.251 e. The predicted molar refractivity (Wildman–Crippen MR) is 92.1 cm³/mol. The molecule has 0 aliphatic carbocycles. The monoisotopic (exact) mass is 389 g/mol. The van der Waals surface area contributed by atoms with Gasteiger partial charge in [0.1, 0.15) is 0 Å². The Morgan fingerprint density at radius 2 is 2.00 bits per heavy atom. The van der Waals surface area contributed by atoms with E-state index in [-0.39, 0.29) is 24.2 Å². The van der Waals surface area contributed by atoms with E-state index in [0.717, 1.165) is 24.0 Å². The van der Waals surface area contributed by atoms with Crippen molar-refractivity contribution in [3.8, 4) is 0 Å². The van der Waals surface area contributed by atoms with Gasteiger partial charge in [0.05, 0.1) is 0 Å². The second-order valence-electron chi connectivity index (χ2n) is 5.24. The molecule has 1 aliphatic rings. The minimum Gasteiger partial charge on any atom is -0.352 e. The topological polar surface area (TPSA) is 75.4 Å². The molecule has 1 saturated heterocycles. The second-order valence-corrected chi connectivity index (χ2v) is 6.16. The van der Waals surface area contributed by atoms with E-state index in [0.29, 0.717) is 31.0 Å². The highest BCUT2D eigenvalue weighted by molar-refractivity contribution is 9.10. The van der Waals surface area contributed by atoms with Crippen molar-refractivity contribution in [2.45, 2.75) is 12.8 Å². The molecule has 1 atom stereocenters. The SMILES string of the molecule is Cl.NCC1CCN(C(=O)CCNC(=O)c2ccc(Br)cc2)C1. The molecular weight excluding hydrogens is 370 g/mol. The van der Waals surface area contributed by atoms with Gasteiger partial charge >= 0.3 is 0 Å². The predicted octanol–water partition coefficient (Wildman–Crippen LogP) is 1.80. The van der Waals surface area contributed by atoms with Crippen LogP contribution in [0.3, 0.4) is 0 Å². The number of likely N-dealkylation sites (tertiary alicyclic amines) is 1. The Bertz CT molecular complexity index is 510. The largest absolute Gasteiger partial charge is 0.352 e. The zero-order valence-electron chi connectivity index (χ0n) is 12.3. The fourth-order valence-corrected chi connectivity index (χ4v) is 2.66. The zero-order valence-corrected chi connectivity index (χ0v) is 14.7. The van der Waals surface area contributed by atoms with E-state index in [1.165, 1.54) is 0 Å². The fourth-order valence-electron chi connectivity index (χ4n) is 2.40. The lowest BCUT2D eigenvalue weighted by Gasteiger charge is -2.16. The zero-order chi connectivity index (χ0) is 15.2. The molecule has 2 amide bonds. The number of carbonyl (C=O) groups excluding carboxylic acids is 2. The summed E-state index contributed by atoms with van der Waals surface area (Å²) < 4.78 is 0.928. The van der Waals surface area contributed by atoms with E-state index in [1.807, 2.05) is 17.0 Å². The number of halogens is 2. The van der Waals surface area contributed by atoms with Gasteiger partial charge in [0, 0.05) is 36.1 Å². The van der Waals surface area contributed by atoms with Gasteiger partial charge < -0.3 is 16.0 Å². The van der Waals surface area contributed by atoms with Gasteiger partial charge in [-0.15, -0.1) is 12.4 Å². The summed E-state index contributed by atoms with van der Waals surface area (Å²) in [6.45, 7) is 2.51. The summed E-state index contributed by atoms with van der Waals surface area (Å²) >= 11 is 3.32. The molecule has 1 fully saturated rings. The standard InChI is InChI=1S/C15H20BrN3O2.ClH/c16-13-3-1-12(2-4-13)15(21)18-7-5-14(20)19-8-6-11(9-17)10-19;/h1-4,11H,5-10,17H2,(H,18,21);1H. The van der Waals surface area contributed by atoms with Crippen LogP contribution in [0, 0.1) is 5.92 Å². The van der Waals surface area contributed by atoms with Crippen LogP contribution < -0.4 is 11.1 Å². The average molecular weight is 391 g/mol. The molecular formula is C15H21BrClN3O2.